The highest BCUT2D eigenvalue weighted by molar-refractivity contribution is 5.95. The fourth-order valence-electron chi connectivity index (χ4n) is 4.51. The molecule has 2 amide bonds. The van der Waals surface area contributed by atoms with Crippen molar-refractivity contribution in [2.24, 2.45) is 0 Å². The lowest BCUT2D eigenvalue weighted by Gasteiger charge is -2.31. The van der Waals surface area contributed by atoms with E-state index in [0.717, 1.165) is 12.4 Å². The summed E-state index contributed by atoms with van der Waals surface area (Å²) in [6.45, 7) is 12.0. The van der Waals surface area contributed by atoms with Gasteiger partial charge in [0.1, 0.15) is 35.0 Å². The van der Waals surface area contributed by atoms with Crippen LogP contribution in [-0.4, -0.2) is 66.7 Å². The molecule has 4 rings (SSSR count). The predicted octanol–water partition coefficient (Wildman–Crippen LogP) is 4.68. The highest BCUT2D eigenvalue weighted by Crippen LogP contribution is 2.43. The third-order valence-electron chi connectivity index (χ3n) is 6.11. The number of hydrogen-bond acceptors (Lipinski definition) is 9. The first-order valence-corrected chi connectivity index (χ1v) is 13.4. The maximum absolute atomic E-state index is 15.0. The second-order valence-corrected chi connectivity index (χ2v) is 12.0. The van der Waals surface area contributed by atoms with E-state index in [4.69, 9.17) is 14.2 Å². The Morgan fingerprint density at radius 1 is 1.17 bits per heavy atom. The van der Waals surface area contributed by atoms with Crippen LogP contribution in [0.3, 0.4) is 0 Å². The van der Waals surface area contributed by atoms with Crippen LogP contribution in [0.25, 0.3) is 5.65 Å². The molecular weight excluding hydrogens is 551 g/mol. The van der Waals surface area contributed by atoms with Gasteiger partial charge in [-0.1, -0.05) is 0 Å². The zero-order chi connectivity index (χ0) is 31.0. The zero-order valence-electron chi connectivity index (χ0n) is 24.6. The summed E-state index contributed by atoms with van der Waals surface area (Å²) in [5, 5.41) is 16.3. The van der Waals surface area contributed by atoms with Gasteiger partial charge < -0.3 is 24.6 Å². The van der Waals surface area contributed by atoms with Crippen LogP contribution in [0.1, 0.15) is 82.4 Å². The number of anilines is 1. The first kappa shape index (κ1) is 30.5. The average Bonchev–Trinajstić information content (AvgIpc) is 3.47. The van der Waals surface area contributed by atoms with Crippen LogP contribution in [0.5, 0.6) is 5.88 Å². The van der Waals surface area contributed by atoms with Gasteiger partial charge in [0, 0.05) is 17.3 Å². The molecule has 1 aliphatic carbocycles. The Hall–Kier alpha value is -4.49. The van der Waals surface area contributed by atoms with Crippen molar-refractivity contribution in [3.63, 3.8) is 0 Å². The molecule has 1 aliphatic rings. The van der Waals surface area contributed by atoms with Crippen molar-refractivity contribution in [3.8, 4) is 5.88 Å². The molecule has 0 spiro atoms. The third kappa shape index (κ3) is 6.86. The Morgan fingerprint density at radius 3 is 2.50 bits per heavy atom. The van der Waals surface area contributed by atoms with E-state index in [1.807, 2.05) is 0 Å². The van der Waals surface area contributed by atoms with Gasteiger partial charge in [0.2, 0.25) is 5.88 Å². The smallest absolute Gasteiger partial charge is 0.416 e. The summed E-state index contributed by atoms with van der Waals surface area (Å²) < 4.78 is 33.2. The third-order valence-corrected chi connectivity index (χ3v) is 6.11. The number of fused-ring (bicyclic) bond motifs is 2. The second kappa shape index (κ2) is 11.4. The molecule has 3 aromatic heterocycles. The van der Waals surface area contributed by atoms with E-state index in [1.165, 1.54) is 21.7 Å². The normalized spacial score (nSPS) is 15.6. The van der Waals surface area contributed by atoms with E-state index in [1.54, 1.807) is 48.5 Å². The minimum absolute atomic E-state index is 0.0164. The van der Waals surface area contributed by atoms with Crippen LogP contribution in [-0.2, 0) is 15.9 Å². The van der Waals surface area contributed by atoms with Gasteiger partial charge in [-0.05, 0) is 67.4 Å². The van der Waals surface area contributed by atoms with Crippen LogP contribution >= 0.6 is 0 Å². The number of nitrogens with zero attached hydrogens (tertiary/aromatic N) is 5. The molecule has 13 nitrogen and oxygen atoms in total. The maximum atomic E-state index is 15.0. The van der Waals surface area contributed by atoms with Gasteiger partial charge in [0.05, 0.1) is 24.5 Å². The SMILES string of the molecule is C[C@@H](COc1ncc(F)c2c1C(N(C(=O)OC(C)(C)C)c1ccn3ncc(C(=O)O)c3n1)CC2)NC(=O)OC(C)(C)C. The van der Waals surface area contributed by atoms with Crippen LogP contribution in [0.15, 0.2) is 24.7 Å². The average molecular weight is 587 g/mol. The quantitative estimate of drug-likeness (QED) is 0.398. The summed E-state index contributed by atoms with van der Waals surface area (Å²) in [7, 11) is 0. The first-order chi connectivity index (χ1) is 19.5. The highest BCUT2D eigenvalue weighted by atomic mass is 19.1. The molecule has 0 bridgehead atoms. The van der Waals surface area contributed by atoms with Gasteiger partial charge in [0.15, 0.2) is 5.65 Å². The number of aromatic nitrogens is 4. The summed E-state index contributed by atoms with van der Waals surface area (Å²) >= 11 is 0. The van der Waals surface area contributed by atoms with Crippen LogP contribution < -0.4 is 15.0 Å². The number of nitrogens with one attached hydrogen (secondary N) is 1. The van der Waals surface area contributed by atoms with Gasteiger partial charge in [0.25, 0.3) is 0 Å². The molecule has 0 aromatic carbocycles. The van der Waals surface area contributed by atoms with Crippen molar-refractivity contribution in [1.29, 1.82) is 0 Å². The summed E-state index contributed by atoms with van der Waals surface area (Å²) in [5.74, 6) is -1.64. The molecule has 2 atom stereocenters. The Balaban J connectivity index is 1.70. The molecular formula is C28H35FN6O7. The Bertz CT molecular complexity index is 1510. The number of amides is 2. The lowest BCUT2D eigenvalue weighted by Crippen LogP contribution is -2.41. The van der Waals surface area contributed by atoms with Crippen LogP contribution in [0.2, 0.25) is 0 Å². The lowest BCUT2D eigenvalue weighted by molar-refractivity contribution is 0.0489. The molecule has 3 heterocycles. The van der Waals surface area contributed by atoms with Crippen molar-refractivity contribution in [2.45, 2.75) is 84.6 Å². The number of aromatic carboxylic acids is 1. The number of carbonyl (C=O) groups is 3. The van der Waals surface area contributed by atoms with Gasteiger partial charge in [-0.25, -0.2) is 33.3 Å². The van der Waals surface area contributed by atoms with E-state index in [0.29, 0.717) is 11.1 Å². The number of halogens is 1. The number of pyridine rings is 1. The van der Waals surface area contributed by atoms with E-state index >= 15 is 4.39 Å². The molecule has 14 heteroatoms. The van der Waals surface area contributed by atoms with Gasteiger partial charge in [-0.2, -0.15) is 5.10 Å². The molecule has 3 aromatic rings. The fraction of sp³-hybridized carbons (Fsp3) is 0.500. The van der Waals surface area contributed by atoms with Crippen molar-refractivity contribution in [2.75, 3.05) is 11.5 Å². The Morgan fingerprint density at radius 2 is 1.86 bits per heavy atom. The maximum Gasteiger partial charge on any atom is 0.416 e. The molecule has 42 heavy (non-hydrogen) atoms. The number of ether oxygens (including phenoxy) is 3. The predicted molar refractivity (Wildman–Crippen MR) is 148 cm³/mol. The number of hydrogen-bond donors (Lipinski definition) is 2. The summed E-state index contributed by atoms with van der Waals surface area (Å²) in [4.78, 5) is 47.4. The number of alkyl carbamates (subject to hydrolysis) is 1. The minimum atomic E-state index is -1.24. The monoisotopic (exact) mass is 586 g/mol. The van der Waals surface area contributed by atoms with Gasteiger partial charge in [-0.15, -0.1) is 0 Å². The van der Waals surface area contributed by atoms with Crippen LogP contribution in [0.4, 0.5) is 19.8 Å². The molecule has 0 aliphatic heterocycles. The summed E-state index contributed by atoms with van der Waals surface area (Å²) in [6, 6.07) is 0.186. The number of carboxylic acids is 1. The molecule has 0 radical (unpaired) electrons. The minimum Gasteiger partial charge on any atom is -0.477 e. The summed E-state index contributed by atoms with van der Waals surface area (Å²) in [6.07, 6.45) is 2.85. The standard InChI is InChI=1S/C28H35FN6O7/c1-15(32-25(38)41-27(2,3)4)14-40-23-21-16(18(29)13-30-23)8-9-19(21)35(26(39)42-28(5,6)7)20-10-11-34-22(33-20)17(12-31-34)24(36)37/h10-13,15,19H,8-9,14H2,1-7H3,(H,32,38)(H,36,37)/t15-,19?/m0/s1. The molecule has 226 valence electrons. The fourth-order valence-corrected chi connectivity index (χ4v) is 4.51. The molecule has 0 saturated heterocycles. The Kier molecular flexibility index (Phi) is 8.28. The van der Waals surface area contributed by atoms with E-state index in [-0.39, 0.29) is 42.4 Å². The number of carbonyl (C=O) groups excluding carboxylic acids is 2. The number of carboxylic acid groups (broad SMARTS) is 1. The van der Waals surface area contributed by atoms with Crippen LogP contribution in [0, 0.1) is 5.82 Å². The first-order valence-electron chi connectivity index (χ1n) is 13.4. The summed E-state index contributed by atoms with van der Waals surface area (Å²) in [5.41, 5.74) is -1.05. The van der Waals surface area contributed by atoms with Crippen molar-refractivity contribution >= 4 is 29.6 Å². The van der Waals surface area contributed by atoms with Gasteiger partial charge in [-0.3, -0.25) is 4.90 Å². The molecule has 0 fully saturated rings. The molecule has 2 N–H and O–H groups in total. The van der Waals surface area contributed by atoms with E-state index in [2.05, 4.69) is 20.4 Å². The van der Waals surface area contributed by atoms with Gasteiger partial charge >= 0.3 is 18.2 Å². The van der Waals surface area contributed by atoms with Crippen molar-refractivity contribution in [1.82, 2.24) is 24.9 Å². The molecule has 0 saturated carbocycles. The largest absolute Gasteiger partial charge is 0.477 e. The second-order valence-electron chi connectivity index (χ2n) is 12.0. The lowest BCUT2D eigenvalue weighted by atomic mass is 10.1. The van der Waals surface area contributed by atoms with E-state index < -0.39 is 47.3 Å². The van der Waals surface area contributed by atoms with E-state index in [9.17, 15) is 19.5 Å². The van der Waals surface area contributed by atoms with Crippen molar-refractivity contribution < 1.29 is 38.1 Å². The topological polar surface area (TPSA) is 157 Å². The van der Waals surface area contributed by atoms with Crippen molar-refractivity contribution in [3.05, 3.63) is 47.2 Å². The zero-order valence-corrected chi connectivity index (χ0v) is 24.6. The number of rotatable bonds is 7. The highest BCUT2D eigenvalue weighted by Gasteiger charge is 2.40. The Labute approximate surface area is 242 Å². The molecule has 1 unspecified atom stereocenters.